The normalized spacial score (nSPS) is 13.8. The molecule has 0 amide bonds. The molecule has 0 radical (unpaired) electrons. The van der Waals surface area contributed by atoms with Crippen LogP contribution in [0.15, 0.2) is 40.9 Å². The van der Waals surface area contributed by atoms with Gasteiger partial charge in [0.05, 0.1) is 5.70 Å². The lowest BCUT2D eigenvalue weighted by molar-refractivity contribution is -0.388. The average molecular weight is 246 g/mol. The number of aromatic nitrogens is 3. The van der Waals surface area contributed by atoms with Gasteiger partial charge in [0, 0.05) is 5.41 Å². The Morgan fingerprint density at radius 2 is 2.06 bits per heavy atom. The molecule has 2 aromatic rings. The van der Waals surface area contributed by atoms with Gasteiger partial charge in [-0.2, -0.15) is 0 Å². The first-order chi connectivity index (χ1) is 8.38. The number of thioether (sulfide) groups is 1. The number of fused-ring (bicyclic) bond motifs is 1. The van der Waals surface area contributed by atoms with Crippen molar-refractivity contribution in [2.75, 3.05) is 5.43 Å². The molecule has 1 aliphatic heterocycles. The van der Waals surface area contributed by atoms with Crippen LogP contribution in [0.5, 0.6) is 0 Å². The topological polar surface area (TPSA) is 70.4 Å². The van der Waals surface area contributed by atoms with E-state index in [0.717, 1.165) is 22.2 Å². The van der Waals surface area contributed by atoms with Crippen LogP contribution in [0.4, 0.5) is 0 Å². The van der Waals surface area contributed by atoms with Gasteiger partial charge in [-0.25, -0.2) is 4.68 Å². The van der Waals surface area contributed by atoms with Gasteiger partial charge in [0.2, 0.25) is 11.0 Å². The first-order valence-electron chi connectivity index (χ1n) is 5.31. The summed E-state index contributed by atoms with van der Waals surface area (Å²) >= 11 is 1.56. The van der Waals surface area contributed by atoms with Gasteiger partial charge in [0.25, 0.3) is 0 Å². The zero-order valence-corrected chi connectivity index (χ0v) is 9.94. The fraction of sp³-hybridized carbons (Fsp3) is 0.0909. The van der Waals surface area contributed by atoms with Crippen LogP contribution in [0.1, 0.15) is 11.4 Å². The summed E-state index contributed by atoms with van der Waals surface area (Å²) in [6.07, 6.45) is 0. The van der Waals surface area contributed by atoms with Crippen molar-refractivity contribution in [1.82, 2.24) is 14.9 Å². The summed E-state index contributed by atoms with van der Waals surface area (Å²) in [7, 11) is 0. The van der Waals surface area contributed by atoms with E-state index in [9.17, 15) is 0 Å². The Kier molecular flexibility index (Phi) is 2.58. The minimum Gasteiger partial charge on any atom is -0.351 e. The molecule has 1 aromatic heterocycles. The zero-order valence-electron chi connectivity index (χ0n) is 9.13. The molecule has 3 rings (SSSR count). The molecule has 0 fully saturated rings. The summed E-state index contributed by atoms with van der Waals surface area (Å²) in [5, 5.41) is 11.1. The number of nitrogens with one attached hydrogen (secondary N) is 1. The van der Waals surface area contributed by atoms with Gasteiger partial charge in [-0.05, 0) is 5.56 Å². The van der Waals surface area contributed by atoms with E-state index in [2.05, 4.69) is 33.5 Å². The molecule has 0 unspecified atom stereocenters. The Balaban J connectivity index is 1.95. The van der Waals surface area contributed by atoms with Crippen molar-refractivity contribution >= 4 is 17.5 Å². The maximum absolute atomic E-state index is 4.08. The van der Waals surface area contributed by atoms with Crippen molar-refractivity contribution in [1.29, 1.82) is 0 Å². The van der Waals surface area contributed by atoms with E-state index in [4.69, 9.17) is 0 Å². The molecule has 1 aliphatic rings. The Labute approximate surface area is 103 Å². The summed E-state index contributed by atoms with van der Waals surface area (Å²) in [4.78, 5) is 0. The van der Waals surface area contributed by atoms with Crippen LogP contribution < -0.4 is 11.2 Å². The zero-order chi connectivity index (χ0) is 11.7. The lowest BCUT2D eigenvalue weighted by Gasteiger charge is -2.18. The second kappa shape index (κ2) is 4.23. The number of nitrogens with zero attached hydrogens (tertiary/aromatic N) is 3. The van der Waals surface area contributed by atoms with Crippen LogP contribution in [-0.2, 0) is 6.54 Å². The largest absolute Gasteiger partial charge is 0.351 e. The van der Waals surface area contributed by atoms with Crippen molar-refractivity contribution < 1.29 is 5.73 Å². The van der Waals surface area contributed by atoms with Gasteiger partial charge in [-0.3, -0.25) is 5.43 Å². The van der Waals surface area contributed by atoms with Crippen LogP contribution >= 0.6 is 11.8 Å². The molecule has 0 aliphatic carbocycles. The van der Waals surface area contributed by atoms with Crippen molar-refractivity contribution in [2.45, 2.75) is 11.7 Å². The smallest absolute Gasteiger partial charge is 0.214 e. The number of rotatable bonds is 2. The highest BCUT2D eigenvalue weighted by Gasteiger charge is 2.17. The summed E-state index contributed by atoms with van der Waals surface area (Å²) in [5.74, 6) is 0.842. The summed E-state index contributed by atoms with van der Waals surface area (Å²) in [6, 6.07) is 10.2. The highest BCUT2D eigenvalue weighted by Crippen LogP contribution is 2.27. The fourth-order valence-electron chi connectivity index (χ4n) is 1.66. The van der Waals surface area contributed by atoms with Crippen LogP contribution in [0.25, 0.3) is 5.70 Å². The van der Waals surface area contributed by atoms with Crippen LogP contribution in [0.3, 0.4) is 0 Å². The third-order valence-electron chi connectivity index (χ3n) is 2.52. The third-order valence-corrected chi connectivity index (χ3v) is 3.35. The molecule has 17 heavy (non-hydrogen) atoms. The highest BCUT2D eigenvalue weighted by atomic mass is 32.2. The molecule has 0 bridgehead atoms. The SMILES string of the molecule is [NH3+]Cc1nnc2n1NC(c1ccccc1)=CS2. The Morgan fingerprint density at radius 1 is 1.24 bits per heavy atom. The van der Waals surface area contributed by atoms with Gasteiger partial charge < -0.3 is 5.73 Å². The van der Waals surface area contributed by atoms with Crippen molar-refractivity contribution in [2.24, 2.45) is 0 Å². The molecule has 0 atom stereocenters. The predicted octanol–water partition coefficient (Wildman–Crippen LogP) is 0.668. The molecule has 1 aromatic carbocycles. The number of benzene rings is 1. The Morgan fingerprint density at radius 3 is 2.82 bits per heavy atom. The number of hydrogen-bond donors (Lipinski definition) is 2. The van der Waals surface area contributed by atoms with Gasteiger partial charge in [-0.15, -0.1) is 10.2 Å². The van der Waals surface area contributed by atoms with Crippen LogP contribution in [-0.4, -0.2) is 14.9 Å². The second-order valence-corrected chi connectivity index (χ2v) is 4.45. The van der Waals surface area contributed by atoms with Crippen LogP contribution in [0, 0.1) is 0 Å². The number of quaternary nitrogens is 1. The molecule has 4 N–H and O–H groups in total. The first-order valence-corrected chi connectivity index (χ1v) is 6.19. The maximum atomic E-state index is 4.08. The standard InChI is InChI=1S/C11H11N5S/c12-6-10-13-14-11-16(10)15-9(7-17-11)8-4-2-1-3-5-8/h1-5,7,15H,6,12H2/p+1. The van der Waals surface area contributed by atoms with Crippen molar-refractivity contribution in [3.63, 3.8) is 0 Å². The molecule has 2 heterocycles. The Bertz CT molecular complexity index is 560. The van der Waals surface area contributed by atoms with E-state index >= 15 is 0 Å². The first kappa shape index (κ1) is 10.4. The van der Waals surface area contributed by atoms with E-state index in [-0.39, 0.29) is 0 Å². The predicted molar refractivity (Wildman–Crippen MR) is 66.3 cm³/mol. The van der Waals surface area contributed by atoms with Crippen molar-refractivity contribution in [3.05, 3.63) is 47.1 Å². The van der Waals surface area contributed by atoms with Gasteiger partial charge in [0.15, 0.2) is 0 Å². The van der Waals surface area contributed by atoms with Gasteiger partial charge in [0.1, 0.15) is 6.54 Å². The maximum Gasteiger partial charge on any atom is 0.214 e. The van der Waals surface area contributed by atoms with Crippen LogP contribution in [0.2, 0.25) is 0 Å². The summed E-state index contributed by atoms with van der Waals surface area (Å²) < 4.78 is 1.89. The molecule has 86 valence electrons. The minimum atomic E-state index is 0.614. The lowest BCUT2D eigenvalue weighted by atomic mass is 10.2. The molecular formula is C11H12N5S+. The Hall–Kier alpha value is -1.79. The van der Waals surface area contributed by atoms with Gasteiger partial charge in [-0.1, -0.05) is 42.1 Å². The van der Waals surface area contributed by atoms with E-state index < -0.39 is 0 Å². The molecule has 5 nitrogen and oxygen atoms in total. The summed E-state index contributed by atoms with van der Waals surface area (Å²) in [6.45, 7) is 0.614. The van der Waals surface area contributed by atoms with E-state index in [1.54, 1.807) is 11.8 Å². The third kappa shape index (κ3) is 1.81. The quantitative estimate of drug-likeness (QED) is 0.817. The van der Waals surface area contributed by atoms with E-state index in [0.29, 0.717) is 6.54 Å². The molecular weight excluding hydrogens is 234 g/mol. The molecule has 0 spiro atoms. The van der Waals surface area contributed by atoms with Crippen molar-refractivity contribution in [3.8, 4) is 0 Å². The summed E-state index contributed by atoms with van der Waals surface area (Å²) in [5.41, 5.74) is 9.35. The second-order valence-electron chi connectivity index (χ2n) is 3.61. The minimum absolute atomic E-state index is 0.614. The average Bonchev–Trinajstić information content (AvgIpc) is 2.81. The number of hydrogen-bond acceptors (Lipinski definition) is 4. The highest BCUT2D eigenvalue weighted by molar-refractivity contribution is 8.02. The van der Waals surface area contributed by atoms with Gasteiger partial charge >= 0.3 is 0 Å². The monoisotopic (exact) mass is 246 g/mol. The molecule has 0 saturated carbocycles. The van der Waals surface area contributed by atoms with E-state index in [1.807, 2.05) is 28.3 Å². The lowest BCUT2D eigenvalue weighted by Crippen LogP contribution is -2.49. The van der Waals surface area contributed by atoms with E-state index in [1.165, 1.54) is 0 Å². The fourth-order valence-corrected chi connectivity index (χ4v) is 2.42. The molecule has 0 saturated heterocycles. The molecule has 6 heteroatoms.